The summed E-state index contributed by atoms with van der Waals surface area (Å²) in [5.74, 6) is -0.228. The molecule has 1 heterocycles. The van der Waals surface area contributed by atoms with Crippen molar-refractivity contribution in [1.29, 1.82) is 0 Å². The van der Waals surface area contributed by atoms with Gasteiger partial charge in [-0.3, -0.25) is 0 Å². The zero-order valence-electron chi connectivity index (χ0n) is 6.73. The second kappa shape index (κ2) is 2.75. The number of nitrogen functional groups attached to an aromatic ring is 1. The van der Waals surface area contributed by atoms with Crippen LogP contribution in [0.2, 0.25) is 0 Å². The maximum atomic E-state index is 13.3. The average molecular weight is 166 g/mol. The molecule has 1 aliphatic rings. The monoisotopic (exact) mass is 166 g/mol. The normalized spacial score (nSPS) is 15.8. The Labute approximate surface area is 70.6 Å². The molecule has 0 saturated heterocycles. The van der Waals surface area contributed by atoms with E-state index in [-0.39, 0.29) is 11.5 Å². The van der Waals surface area contributed by atoms with Crippen LogP contribution in [-0.4, -0.2) is 6.54 Å². The first-order valence-electron chi connectivity index (χ1n) is 4.05. The second-order valence-electron chi connectivity index (χ2n) is 3.03. The standard InChI is InChI=1S/C9H11FN2/c10-9-7-3-4-12-5-6(7)1-2-8(9)11/h1-2,12H,3-5,11H2. The molecule has 0 atom stereocenters. The van der Waals surface area contributed by atoms with Crippen molar-refractivity contribution in [1.82, 2.24) is 5.32 Å². The predicted molar refractivity (Wildman–Crippen MR) is 46.2 cm³/mol. The third kappa shape index (κ3) is 1.06. The number of hydrogen-bond donors (Lipinski definition) is 2. The lowest BCUT2D eigenvalue weighted by atomic mass is 10.00. The second-order valence-corrected chi connectivity index (χ2v) is 3.03. The molecule has 1 aromatic carbocycles. The molecule has 0 bridgehead atoms. The minimum atomic E-state index is -0.228. The largest absolute Gasteiger partial charge is 0.396 e. The molecule has 1 aliphatic heterocycles. The molecular formula is C9H11FN2. The van der Waals surface area contributed by atoms with Crippen LogP contribution >= 0.6 is 0 Å². The van der Waals surface area contributed by atoms with Crippen molar-refractivity contribution in [2.24, 2.45) is 0 Å². The molecule has 0 spiro atoms. The molecule has 12 heavy (non-hydrogen) atoms. The molecule has 2 nitrogen and oxygen atoms in total. The van der Waals surface area contributed by atoms with Crippen molar-refractivity contribution < 1.29 is 4.39 Å². The summed E-state index contributed by atoms with van der Waals surface area (Å²) in [6, 6.07) is 3.51. The number of nitrogens with two attached hydrogens (primary N) is 1. The number of anilines is 1. The third-order valence-corrected chi connectivity index (χ3v) is 2.24. The Morgan fingerprint density at radius 3 is 3.08 bits per heavy atom. The van der Waals surface area contributed by atoms with Gasteiger partial charge in [-0.25, -0.2) is 4.39 Å². The fraction of sp³-hybridized carbons (Fsp3) is 0.333. The highest BCUT2D eigenvalue weighted by molar-refractivity contribution is 5.47. The first-order chi connectivity index (χ1) is 5.79. The van der Waals surface area contributed by atoms with E-state index in [2.05, 4.69) is 5.32 Å². The van der Waals surface area contributed by atoms with Crippen molar-refractivity contribution in [3.63, 3.8) is 0 Å². The van der Waals surface area contributed by atoms with E-state index in [4.69, 9.17) is 5.73 Å². The lowest BCUT2D eigenvalue weighted by Gasteiger charge is -2.17. The predicted octanol–water partition coefficient (Wildman–Crippen LogP) is 1.05. The maximum absolute atomic E-state index is 13.3. The van der Waals surface area contributed by atoms with Gasteiger partial charge < -0.3 is 11.1 Å². The Kier molecular flexibility index (Phi) is 1.73. The Bertz CT molecular complexity index is 310. The summed E-state index contributed by atoms with van der Waals surface area (Å²) in [6.07, 6.45) is 0.742. The topological polar surface area (TPSA) is 38.0 Å². The molecular weight excluding hydrogens is 155 g/mol. The zero-order valence-corrected chi connectivity index (χ0v) is 6.73. The van der Waals surface area contributed by atoms with E-state index in [9.17, 15) is 4.39 Å². The highest BCUT2D eigenvalue weighted by Crippen LogP contribution is 2.21. The molecule has 0 radical (unpaired) electrons. The quantitative estimate of drug-likeness (QED) is 0.565. The molecule has 0 amide bonds. The number of halogens is 1. The minimum absolute atomic E-state index is 0.228. The van der Waals surface area contributed by atoms with Gasteiger partial charge in [0.1, 0.15) is 5.82 Å². The van der Waals surface area contributed by atoms with Crippen molar-refractivity contribution >= 4 is 5.69 Å². The molecule has 2 rings (SSSR count). The van der Waals surface area contributed by atoms with E-state index in [0.29, 0.717) is 0 Å². The van der Waals surface area contributed by atoms with Gasteiger partial charge in [0.05, 0.1) is 5.69 Å². The Morgan fingerprint density at radius 1 is 1.42 bits per heavy atom. The summed E-state index contributed by atoms with van der Waals surface area (Å²) in [4.78, 5) is 0. The van der Waals surface area contributed by atoms with Crippen LogP contribution in [0.3, 0.4) is 0 Å². The van der Waals surface area contributed by atoms with Crippen molar-refractivity contribution in [2.45, 2.75) is 13.0 Å². The van der Waals surface area contributed by atoms with Gasteiger partial charge in [-0.05, 0) is 30.2 Å². The van der Waals surface area contributed by atoms with Gasteiger partial charge in [0.2, 0.25) is 0 Å². The fourth-order valence-electron chi connectivity index (χ4n) is 1.55. The zero-order chi connectivity index (χ0) is 8.55. The lowest BCUT2D eigenvalue weighted by Crippen LogP contribution is -2.24. The van der Waals surface area contributed by atoms with Crippen molar-refractivity contribution in [3.05, 3.63) is 29.1 Å². The van der Waals surface area contributed by atoms with Crippen LogP contribution in [0.1, 0.15) is 11.1 Å². The average Bonchev–Trinajstić information content (AvgIpc) is 2.12. The van der Waals surface area contributed by atoms with Crippen LogP contribution in [0.4, 0.5) is 10.1 Å². The van der Waals surface area contributed by atoms with E-state index in [1.807, 2.05) is 6.07 Å². The molecule has 0 aliphatic carbocycles. The van der Waals surface area contributed by atoms with E-state index in [1.165, 1.54) is 0 Å². The molecule has 0 fully saturated rings. The number of rotatable bonds is 0. The van der Waals surface area contributed by atoms with Crippen LogP contribution in [0, 0.1) is 5.82 Å². The van der Waals surface area contributed by atoms with Crippen molar-refractivity contribution in [2.75, 3.05) is 12.3 Å². The summed E-state index contributed by atoms with van der Waals surface area (Å²) in [7, 11) is 0. The van der Waals surface area contributed by atoms with Crippen LogP contribution < -0.4 is 11.1 Å². The van der Waals surface area contributed by atoms with E-state index in [1.54, 1.807) is 6.07 Å². The minimum Gasteiger partial charge on any atom is -0.396 e. The van der Waals surface area contributed by atoms with Crippen LogP contribution in [0.25, 0.3) is 0 Å². The van der Waals surface area contributed by atoms with Gasteiger partial charge >= 0.3 is 0 Å². The smallest absolute Gasteiger partial charge is 0.149 e. The number of nitrogens with one attached hydrogen (secondary N) is 1. The van der Waals surface area contributed by atoms with E-state index in [0.717, 1.165) is 30.6 Å². The Hall–Kier alpha value is -1.09. The lowest BCUT2D eigenvalue weighted by molar-refractivity contribution is 0.572. The van der Waals surface area contributed by atoms with E-state index >= 15 is 0 Å². The summed E-state index contributed by atoms with van der Waals surface area (Å²) < 4.78 is 13.3. The van der Waals surface area contributed by atoms with Gasteiger partial charge in [-0.1, -0.05) is 6.07 Å². The van der Waals surface area contributed by atoms with E-state index < -0.39 is 0 Å². The van der Waals surface area contributed by atoms with Crippen LogP contribution in [0.5, 0.6) is 0 Å². The summed E-state index contributed by atoms with van der Waals surface area (Å²) in [5, 5.41) is 3.18. The SMILES string of the molecule is Nc1ccc2c(c1F)CCNC2. The number of hydrogen-bond acceptors (Lipinski definition) is 2. The van der Waals surface area contributed by atoms with Gasteiger partial charge in [0.25, 0.3) is 0 Å². The molecule has 0 aromatic heterocycles. The third-order valence-electron chi connectivity index (χ3n) is 2.24. The van der Waals surface area contributed by atoms with Crippen molar-refractivity contribution in [3.8, 4) is 0 Å². The number of benzene rings is 1. The number of fused-ring (bicyclic) bond motifs is 1. The summed E-state index contributed by atoms with van der Waals surface area (Å²) >= 11 is 0. The summed E-state index contributed by atoms with van der Waals surface area (Å²) in [6.45, 7) is 1.60. The van der Waals surface area contributed by atoms with Gasteiger partial charge in [-0.2, -0.15) is 0 Å². The van der Waals surface area contributed by atoms with Gasteiger partial charge in [0.15, 0.2) is 0 Å². The molecule has 3 heteroatoms. The Balaban J connectivity index is 2.54. The first-order valence-corrected chi connectivity index (χ1v) is 4.05. The van der Waals surface area contributed by atoms with Crippen LogP contribution in [0.15, 0.2) is 12.1 Å². The first kappa shape index (κ1) is 7.55. The molecule has 64 valence electrons. The van der Waals surface area contributed by atoms with Gasteiger partial charge in [-0.15, -0.1) is 0 Å². The molecule has 0 saturated carbocycles. The summed E-state index contributed by atoms with van der Waals surface area (Å²) in [5.41, 5.74) is 7.53. The Morgan fingerprint density at radius 2 is 2.25 bits per heavy atom. The fourth-order valence-corrected chi connectivity index (χ4v) is 1.55. The molecule has 3 N–H and O–H groups in total. The van der Waals surface area contributed by atoms with Crippen LogP contribution in [-0.2, 0) is 13.0 Å². The molecule has 1 aromatic rings. The van der Waals surface area contributed by atoms with Gasteiger partial charge in [0, 0.05) is 6.54 Å². The maximum Gasteiger partial charge on any atom is 0.149 e. The molecule has 0 unspecified atom stereocenters. The highest BCUT2D eigenvalue weighted by atomic mass is 19.1. The highest BCUT2D eigenvalue weighted by Gasteiger charge is 2.14.